The molecule has 2 aromatic carbocycles. The van der Waals surface area contributed by atoms with Crippen molar-refractivity contribution in [2.24, 2.45) is 0 Å². The first-order chi connectivity index (χ1) is 17.5. The lowest BCUT2D eigenvalue weighted by atomic mass is 9.71. The molecule has 1 saturated heterocycles. The number of rotatable bonds is 5. The Labute approximate surface area is 211 Å². The van der Waals surface area contributed by atoms with Crippen LogP contribution in [0.15, 0.2) is 71.1 Å². The highest BCUT2D eigenvalue weighted by Gasteiger charge is 2.42. The van der Waals surface area contributed by atoms with Gasteiger partial charge in [-0.3, -0.25) is 4.79 Å². The van der Waals surface area contributed by atoms with Gasteiger partial charge in [0.25, 0.3) is 0 Å². The van der Waals surface area contributed by atoms with Crippen LogP contribution in [0.4, 0.5) is 0 Å². The molecule has 7 heteroatoms. The van der Waals surface area contributed by atoms with Crippen LogP contribution in [0.25, 0.3) is 0 Å². The van der Waals surface area contributed by atoms with Crippen molar-refractivity contribution in [2.75, 3.05) is 20.2 Å². The summed E-state index contributed by atoms with van der Waals surface area (Å²) in [7, 11) is 1.64. The Kier molecular flexibility index (Phi) is 6.83. The summed E-state index contributed by atoms with van der Waals surface area (Å²) in [5, 5.41) is 16.9. The second kappa shape index (κ2) is 10.2. The fraction of sp³-hybridized carbons (Fsp3) is 0.379. The number of methoxy groups -OCH3 is 1. The maximum Gasteiger partial charge on any atom is 0.337 e. The standard InChI is InChI=1S/C29H32N2O5/c1-17-26(29(34)36-21-9-6-12-30-16-21)27(18-7-5-8-20(32)13-18)28-23(31-17)14-19(15-24(28)33)22-10-3-4-11-25(22)35-2/h3-5,7-8,10-11,13,19,21,27,30-32H,6,9,12,14-16H2,1-2H3/t19-,21+,27-/m1/s1. The first-order valence-corrected chi connectivity index (χ1v) is 12.5. The number of piperidine rings is 1. The third-order valence-electron chi connectivity index (χ3n) is 7.36. The monoisotopic (exact) mass is 488 g/mol. The van der Waals surface area contributed by atoms with Crippen molar-refractivity contribution in [3.63, 3.8) is 0 Å². The second-order valence-electron chi connectivity index (χ2n) is 9.73. The number of phenols is 1. The number of Topliss-reactive ketones (excluding diaryl/α,β-unsaturated/α-hetero) is 1. The molecular weight excluding hydrogens is 456 g/mol. The second-order valence-corrected chi connectivity index (χ2v) is 9.73. The summed E-state index contributed by atoms with van der Waals surface area (Å²) < 4.78 is 11.5. The minimum atomic E-state index is -0.608. The number of dihydropyridines is 1. The van der Waals surface area contributed by atoms with Crippen molar-refractivity contribution in [3.8, 4) is 11.5 Å². The smallest absolute Gasteiger partial charge is 0.337 e. The highest BCUT2D eigenvalue weighted by atomic mass is 16.5. The van der Waals surface area contributed by atoms with Crippen molar-refractivity contribution in [2.45, 2.75) is 50.5 Å². The Bertz CT molecular complexity index is 1240. The molecule has 1 aliphatic carbocycles. The van der Waals surface area contributed by atoms with Gasteiger partial charge in [0, 0.05) is 41.8 Å². The van der Waals surface area contributed by atoms with Crippen LogP contribution in [0.1, 0.15) is 55.6 Å². The SMILES string of the molecule is COc1ccccc1[C@H]1CC(=O)C2=C(C1)NC(C)=C(C(=O)O[C@H]1CCCNC1)[C@H]2c1cccc(O)c1. The number of benzene rings is 2. The first-order valence-electron chi connectivity index (χ1n) is 12.5. The first kappa shape index (κ1) is 24.1. The number of hydrogen-bond donors (Lipinski definition) is 3. The number of aromatic hydroxyl groups is 1. The van der Waals surface area contributed by atoms with Crippen LogP contribution in [0.2, 0.25) is 0 Å². The molecule has 1 fully saturated rings. The molecule has 0 aromatic heterocycles. The Morgan fingerprint density at radius 3 is 2.69 bits per heavy atom. The van der Waals surface area contributed by atoms with Crippen LogP contribution in [0.5, 0.6) is 11.5 Å². The Morgan fingerprint density at radius 2 is 1.94 bits per heavy atom. The summed E-state index contributed by atoms with van der Waals surface area (Å²) in [4.78, 5) is 27.3. The molecule has 7 nitrogen and oxygen atoms in total. The third-order valence-corrected chi connectivity index (χ3v) is 7.36. The normalized spacial score (nSPS) is 24.2. The van der Waals surface area contributed by atoms with Gasteiger partial charge in [-0.25, -0.2) is 4.79 Å². The summed E-state index contributed by atoms with van der Waals surface area (Å²) in [5.74, 6) is -0.247. The Balaban J connectivity index is 1.54. The van der Waals surface area contributed by atoms with E-state index in [2.05, 4.69) is 10.6 Å². The number of carbonyl (C=O) groups is 2. The molecule has 36 heavy (non-hydrogen) atoms. The predicted octanol–water partition coefficient (Wildman–Crippen LogP) is 4.06. The molecule has 2 aromatic rings. The van der Waals surface area contributed by atoms with Gasteiger partial charge in [0.05, 0.1) is 12.7 Å². The highest BCUT2D eigenvalue weighted by Crippen LogP contribution is 2.47. The van der Waals surface area contributed by atoms with E-state index in [1.54, 1.807) is 25.3 Å². The molecule has 0 saturated carbocycles. The number of carbonyl (C=O) groups excluding carboxylic acids is 2. The summed E-state index contributed by atoms with van der Waals surface area (Å²) in [6, 6.07) is 14.6. The lowest BCUT2D eigenvalue weighted by Crippen LogP contribution is -2.40. The minimum Gasteiger partial charge on any atom is -0.508 e. The number of allylic oxidation sites excluding steroid dienone is 3. The molecule has 0 unspecified atom stereocenters. The van der Waals surface area contributed by atoms with E-state index < -0.39 is 11.9 Å². The maximum absolute atomic E-state index is 13.8. The molecule has 0 bridgehead atoms. The van der Waals surface area contributed by atoms with Gasteiger partial charge < -0.3 is 25.2 Å². The van der Waals surface area contributed by atoms with Gasteiger partial charge in [-0.05, 0) is 62.1 Å². The fourth-order valence-corrected chi connectivity index (χ4v) is 5.71. The van der Waals surface area contributed by atoms with Crippen LogP contribution in [0.3, 0.4) is 0 Å². The number of nitrogens with one attached hydrogen (secondary N) is 2. The van der Waals surface area contributed by atoms with Crippen molar-refractivity contribution in [1.29, 1.82) is 0 Å². The highest BCUT2D eigenvalue weighted by molar-refractivity contribution is 6.04. The molecule has 0 radical (unpaired) electrons. The number of ketones is 1. The van der Waals surface area contributed by atoms with E-state index in [0.29, 0.717) is 41.8 Å². The van der Waals surface area contributed by atoms with Crippen molar-refractivity contribution >= 4 is 11.8 Å². The van der Waals surface area contributed by atoms with Crippen molar-refractivity contribution in [3.05, 3.63) is 82.2 Å². The Morgan fingerprint density at radius 1 is 1.11 bits per heavy atom. The predicted molar refractivity (Wildman–Crippen MR) is 136 cm³/mol. The van der Waals surface area contributed by atoms with E-state index >= 15 is 0 Å². The van der Waals surface area contributed by atoms with Crippen LogP contribution >= 0.6 is 0 Å². The number of phenolic OH excluding ortho intramolecular Hbond substituents is 1. The van der Waals surface area contributed by atoms with E-state index in [1.807, 2.05) is 37.3 Å². The minimum absolute atomic E-state index is 0.0230. The summed E-state index contributed by atoms with van der Waals surface area (Å²) in [6.07, 6.45) is 2.47. The maximum atomic E-state index is 13.8. The van der Waals surface area contributed by atoms with Crippen LogP contribution in [0, 0.1) is 0 Å². The van der Waals surface area contributed by atoms with Crippen LogP contribution in [-0.4, -0.2) is 43.2 Å². The number of ether oxygens (including phenoxy) is 2. The third kappa shape index (κ3) is 4.63. The molecule has 188 valence electrons. The summed E-state index contributed by atoms with van der Waals surface area (Å²) >= 11 is 0. The van der Waals surface area contributed by atoms with Gasteiger partial charge in [-0.1, -0.05) is 30.3 Å². The van der Waals surface area contributed by atoms with Gasteiger partial charge in [0.2, 0.25) is 0 Å². The van der Waals surface area contributed by atoms with Crippen molar-refractivity contribution in [1.82, 2.24) is 10.6 Å². The molecular formula is C29H32N2O5. The summed E-state index contributed by atoms with van der Waals surface area (Å²) in [6.45, 7) is 3.39. The van der Waals surface area contributed by atoms with Crippen molar-refractivity contribution < 1.29 is 24.2 Å². The average Bonchev–Trinajstić information content (AvgIpc) is 2.88. The lowest BCUT2D eigenvalue weighted by Gasteiger charge is -2.37. The number of para-hydroxylation sites is 1. The van der Waals surface area contributed by atoms with Crippen LogP contribution in [-0.2, 0) is 14.3 Å². The van der Waals surface area contributed by atoms with Gasteiger partial charge in [0.15, 0.2) is 5.78 Å². The van der Waals surface area contributed by atoms with Gasteiger partial charge >= 0.3 is 5.97 Å². The molecule has 5 rings (SSSR count). The van der Waals surface area contributed by atoms with E-state index in [0.717, 1.165) is 36.4 Å². The van der Waals surface area contributed by atoms with Gasteiger partial charge in [-0.2, -0.15) is 0 Å². The zero-order valence-corrected chi connectivity index (χ0v) is 20.7. The molecule has 3 atom stereocenters. The average molecular weight is 489 g/mol. The van der Waals surface area contributed by atoms with E-state index in [1.165, 1.54) is 0 Å². The molecule has 2 heterocycles. The largest absolute Gasteiger partial charge is 0.508 e. The molecule has 3 aliphatic rings. The number of esters is 1. The molecule has 2 aliphatic heterocycles. The van der Waals surface area contributed by atoms with Crippen LogP contribution < -0.4 is 15.4 Å². The fourth-order valence-electron chi connectivity index (χ4n) is 5.71. The number of hydrogen-bond acceptors (Lipinski definition) is 7. The zero-order valence-electron chi connectivity index (χ0n) is 20.7. The van der Waals surface area contributed by atoms with Gasteiger partial charge in [-0.15, -0.1) is 0 Å². The molecule has 0 spiro atoms. The van der Waals surface area contributed by atoms with Gasteiger partial charge in [0.1, 0.15) is 17.6 Å². The topological polar surface area (TPSA) is 96.9 Å². The molecule has 0 amide bonds. The zero-order chi connectivity index (χ0) is 25.2. The van der Waals surface area contributed by atoms with E-state index in [-0.39, 0.29) is 23.6 Å². The molecule has 3 N–H and O–H groups in total. The van der Waals surface area contributed by atoms with E-state index in [9.17, 15) is 14.7 Å². The Hall–Kier alpha value is -3.58. The summed E-state index contributed by atoms with van der Waals surface area (Å²) in [5.41, 5.74) is 4.17. The van der Waals surface area contributed by atoms with E-state index in [4.69, 9.17) is 9.47 Å². The lowest BCUT2D eigenvalue weighted by molar-refractivity contribution is -0.145. The quantitative estimate of drug-likeness (QED) is 0.546.